The molecule has 7 aromatic carbocycles. The van der Waals surface area contributed by atoms with E-state index in [4.69, 9.17) is 4.99 Å². The molecule has 0 N–H and O–H groups in total. The molecule has 1 atom stereocenters. The highest BCUT2D eigenvalue weighted by Gasteiger charge is 2.52. The lowest BCUT2D eigenvalue weighted by Crippen LogP contribution is -2.26. The van der Waals surface area contributed by atoms with Gasteiger partial charge in [-0.2, -0.15) is 0 Å². The Morgan fingerprint density at radius 1 is 0.449 bits per heavy atom. The Balaban J connectivity index is 1.26. The molecule has 0 saturated heterocycles. The molecule has 0 bridgehead atoms. The van der Waals surface area contributed by atoms with Crippen LogP contribution in [0.5, 0.6) is 0 Å². The fourth-order valence-corrected chi connectivity index (χ4v) is 8.23. The Bertz CT molecular complexity index is 2380. The number of benzene rings is 7. The van der Waals surface area contributed by atoms with Crippen molar-refractivity contribution in [3.8, 4) is 33.4 Å². The van der Waals surface area contributed by atoms with Gasteiger partial charge in [0.05, 0.1) is 17.7 Å². The SMILES string of the molecule is CC1=C(C(=NCc2ccccc2)c2ccccc2)c2ccccc2C12c1ccccc1-c1ccc(-c3ccc(-c4ccccc4)cc3)cc12. The van der Waals surface area contributed by atoms with Crippen LogP contribution in [0.25, 0.3) is 39.0 Å². The molecule has 0 aliphatic heterocycles. The highest BCUT2D eigenvalue weighted by molar-refractivity contribution is 6.34. The number of rotatable bonds is 6. The molecule has 1 heteroatoms. The molecule has 232 valence electrons. The van der Waals surface area contributed by atoms with Crippen molar-refractivity contribution in [3.63, 3.8) is 0 Å². The van der Waals surface area contributed by atoms with E-state index in [0.717, 1.165) is 11.3 Å². The van der Waals surface area contributed by atoms with Gasteiger partial charge in [0.2, 0.25) is 0 Å². The topological polar surface area (TPSA) is 12.4 Å². The average molecular weight is 626 g/mol. The third-order valence-corrected chi connectivity index (χ3v) is 10.5. The summed E-state index contributed by atoms with van der Waals surface area (Å²) in [6.45, 7) is 2.97. The van der Waals surface area contributed by atoms with Gasteiger partial charge >= 0.3 is 0 Å². The van der Waals surface area contributed by atoms with Crippen LogP contribution in [0.4, 0.5) is 0 Å². The predicted octanol–water partition coefficient (Wildman–Crippen LogP) is 11.8. The van der Waals surface area contributed by atoms with Crippen LogP contribution < -0.4 is 0 Å². The maximum absolute atomic E-state index is 5.42. The normalized spacial score (nSPS) is 16.1. The van der Waals surface area contributed by atoms with Crippen LogP contribution >= 0.6 is 0 Å². The standard InChI is InChI=1S/C48H35N/c1-33-46(47(38-19-9-4-10-20-38)49-32-34-15-5-2-6-16-34)42-22-12-14-24-44(42)48(33)43-23-13-11-21-40(43)41-30-29-39(31-45(41)48)37-27-25-36(26-28-37)35-17-7-3-8-18-35/h2-31H,32H2,1H3. The number of allylic oxidation sites excluding steroid dienone is 2. The molecule has 0 radical (unpaired) electrons. The smallest absolute Gasteiger partial charge is 0.0729 e. The lowest BCUT2D eigenvalue weighted by atomic mass is 9.69. The summed E-state index contributed by atoms with van der Waals surface area (Å²) in [6, 6.07) is 66.1. The second-order valence-electron chi connectivity index (χ2n) is 13.1. The van der Waals surface area contributed by atoms with Crippen molar-refractivity contribution in [3.05, 3.63) is 221 Å². The Kier molecular flexibility index (Phi) is 7.06. The molecular weight excluding hydrogens is 591 g/mol. The van der Waals surface area contributed by atoms with E-state index in [1.165, 1.54) is 72.3 Å². The lowest BCUT2D eigenvalue weighted by Gasteiger charge is -2.31. The summed E-state index contributed by atoms with van der Waals surface area (Å²) in [5.41, 5.74) is 18.3. The molecule has 0 fully saturated rings. The first kappa shape index (κ1) is 29.1. The monoisotopic (exact) mass is 625 g/mol. The molecule has 0 saturated carbocycles. The molecule has 49 heavy (non-hydrogen) atoms. The number of nitrogens with zero attached hydrogens (tertiary/aromatic N) is 1. The van der Waals surface area contributed by atoms with Gasteiger partial charge in [-0.05, 0) is 79.8 Å². The Morgan fingerprint density at radius 3 is 1.63 bits per heavy atom. The average Bonchev–Trinajstić information content (AvgIpc) is 3.62. The predicted molar refractivity (Wildman–Crippen MR) is 205 cm³/mol. The summed E-state index contributed by atoms with van der Waals surface area (Å²) in [4.78, 5) is 5.42. The molecule has 9 rings (SSSR count). The van der Waals surface area contributed by atoms with Gasteiger partial charge in [0, 0.05) is 11.1 Å². The van der Waals surface area contributed by atoms with E-state index in [-0.39, 0.29) is 0 Å². The molecule has 1 unspecified atom stereocenters. The van der Waals surface area contributed by atoms with E-state index in [2.05, 4.69) is 189 Å². The Morgan fingerprint density at radius 2 is 0.939 bits per heavy atom. The zero-order chi connectivity index (χ0) is 32.8. The fourth-order valence-electron chi connectivity index (χ4n) is 8.23. The van der Waals surface area contributed by atoms with Gasteiger partial charge in [-0.3, -0.25) is 4.99 Å². The van der Waals surface area contributed by atoms with E-state index in [9.17, 15) is 0 Å². The Hall–Kier alpha value is -6.05. The van der Waals surface area contributed by atoms with Crippen molar-refractivity contribution >= 4 is 11.3 Å². The first-order valence-corrected chi connectivity index (χ1v) is 17.1. The molecule has 0 heterocycles. The minimum Gasteiger partial charge on any atom is -0.279 e. The molecule has 1 nitrogen and oxygen atoms in total. The van der Waals surface area contributed by atoms with Crippen molar-refractivity contribution in [2.24, 2.45) is 4.99 Å². The number of hydrogen-bond donors (Lipinski definition) is 0. The van der Waals surface area contributed by atoms with Crippen LogP contribution in [0.15, 0.2) is 193 Å². The zero-order valence-corrected chi connectivity index (χ0v) is 27.5. The van der Waals surface area contributed by atoms with E-state index >= 15 is 0 Å². The summed E-state index contributed by atoms with van der Waals surface area (Å²) in [5.74, 6) is 0. The summed E-state index contributed by atoms with van der Waals surface area (Å²) in [5, 5.41) is 0. The molecule has 0 amide bonds. The van der Waals surface area contributed by atoms with Crippen LogP contribution in [0, 0.1) is 0 Å². The molecule has 0 aromatic heterocycles. The van der Waals surface area contributed by atoms with E-state index < -0.39 is 5.41 Å². The van der Waals surface area contributed by atoms with Gasteiger partial charge in [-0.15, -0.1) is 0 Å². The van der Waals surface area contributed by atoms with Crippen LogP contribution in [0.2, 0.25) is 0 Å². The summed E-state index contributed by atoms with van der Waals surface area (Å²) < 4.78 is 0. The fraction of sp³-hybridized carbons (Fsp3) is 0.0625. The first-order chi connectivity index (χ1) is 24.2. The molecule has 2 aliphatic carbocycles. The van der Waals surface area contributed by atoms with Gasteiger partial charge < -0.3 is 0 Å². The minimum absolute atomic E-state index is 0.430. The third-order valence-electron chi connectivity index (χ3n) is 10.5. The van der Waals surface area contributed by atoms with Crippen molar-refractivity contribution in [2.45, 2.75) is 18.9 Å². The molecular formula is C48H35N. The lowest BCUT2D eigenvalue weighted by molar-refractivity contribution is 0.767. The Labute approximate surface area is 288 Å². The van der Waals surface area contributed by atoms with E-state index in [1.807, 2.05) is 0 Å². The minimum atomic E-state index is -0.430. The van der Waals surface area contributed by atoms with Gasteiger partial charge in [-0.1, -0.05) is 176 Å². The maximum atomic E-state index is 5.42. The molecule has 2 aliphatic rings. The maximum Gasteiger partial charge on any atom is 0.0729 e. The number of hydrogen-bond acceptors (Lipinski definition) is 1. The van der Waals surface area contributed by atoms with Gasteiger partial charge in [0.15, 0.2) is 0 Å². The van der Waals surface area contributed by atoms with Crippen LogP contribution in [0.1, 0.15) is 40.3 Å². The summed E-state index contributed by atoms with van der Waals surface area (Å²) in [6.07, 6.45) is 0. The zero-order valence-electron chi connectivity index (χ0n) is 27.5. The van der Waals surface area contributed by atoms with Crippen LogP contribution in [-0.2, 0) is 12.0 Å². The van der Waals surface area contributed by atoms with Crippen molar-refractivity contribution in [2.75, 3.05) is 0 Å². The summed E-state index contributed by atoms with van der Waals surface area (Å²) >= 11 is 0. The quantitative estimate of drug-likeness (QED) is 0.163. The number of fused-ring (bicyclic) bond motifs is 7. The molecule has 7 aromatic rings. The second kappa shape index (κ2) is 11.9. The van der Waals surface area contributed by atoms with Gasteiger partial charge in [0.25, 0.3) is 0 Å². The summed E-state index contributed by atoms with van der Waals surface area (Å²) in [7, 11) is 0. The van der Waals surface area contributed by atoms with Crippen molar-refractivity contribution in [1.82, 2.24) is 0 Å². The van der Waals surface area contributed by atoms with Crippen LogP contribution in [0.3, 0.4) is 0 Å². The van der Waals surface area contributed by atoms with Gasteiger partial charge in [0.1, 0.15) is 0 Å². The van der Waals surface area contributed by atoms with Crippen molar-refractivity contribution in [1.29, 1.82) is 0 Å². The third kappa shape index (κ3) is 4.65. The number of aliphatic imine (C=N–C) groups is 1. The van der Waals surface area contributed by atoms with Crippen molar-refractivity contribution < 1.29 is 0 Å². The van der Waals surface area contributed by atoms with E-state index in [1.54, 1.807) is 0 Å². The van der Waals surface area contributed by atoms with Crippen LogP contribution in [-0.4, -0.2) is 5.71 Å². The first-order valence-electron chi connectivity index (χ1n) is 17.1. The molecule has 1 spiro atoms. The highest BCUT2D eigenvalue weighted by Crippen LogP contribution is 2.62. The highest BCUT2D eigenvalue weighted by atomic mass is 14.7. The second-order valence-corrected chi connectivity index (χ2v) is 13.1. The largest absolute Gasteiger partial charge is 0.279 e. The van der Waals surface area contributed by atoms with E-state index in [0.29, 0.717) is 6.54 Å². The van der Waals surface area contributed by atoms with Gasteiger partial charge in [-0.25, -0.2) is 0 Å².